The minimum atomic E-state index is -1.30. The van der Waals surface area contributed by atoms with Crippen LogP contribution in [0.5, 0.6) is 0 Å². The van der Waals surface area contributed by atoms with E-state index >= 15 is 0 Å². The molecule has 0 aliphatic heterocycles. The molecule has 7 heteroatoms. The van der Waals surface area contributed by atoms with Crippen molar-refractivity contribution in [2.45, 2.75) is 34.3 Å². The first kappa shape index (κ1) is 19.5. The molecule has 0 amide bonds. The lowest BCUT2D eigenvalue weighted by Gasteiger charge is -2.12. The number of benzene rings is 1. The van der Waals surface area contributed by atoms with Gasteiger partial charge in [-0.25, -0.2) is 13.2 Å². The normalized spacial score (nSPS) is 21.6. The summed E-state index contributed by atoms with van der Waals surface area (Å²) >= 11 is 2.88. The zero-order valence-corrected chi connectivity index (χ0v) is 15.8. The highest BCUT2D eigenvalue weighted by atomic mass is 79.9. The third kappa shape index (κ3) is 3.45. The largest absolute Gasteiger partial charge is 0.460 e. The molecule has 0 N–H and O–H groups in total. The van der Waals surface area contributed by atoms with Gasteiger partial charge in [0.25, 0.3) is 0 Å². The third-order valence-corrected chi connectivity index (χ3v) is 5.53. The Labute approximate surface area is 152 Å². The van der Waals surface area contributed by atoms with Gasteiger partial charge in [-0.05, 0) is 41.1 Å². The predicted octanol–water partition coefficient (Wildman–Crippen LogP) is 4.96. The molecule has 25 heavy (non-hydrogen) atoms. The first-order chi connectivity index (χ1) is 11.5. The highest BCUT2D eigenvalue weighted by Gasteiger charge is 2.61. The lowest BCUT2D eigenvalue weighted by molar-refractivity contribution is -0.147. The molecule has 0 unspecified atom stereocenters. The van der Waals surface area contributed by atoms with Gasteiger partial charge in [-0.2, -0.15) is 5.26 Å². The van der Waals surface area contributed by atoms with E-state index in [1.165, 1.54) is 0 Å². The van der Waals surface area contributed by atoms with Gasteiger partial charge in [0, 0.05) is 16.7 Å². The Bertz CT molecular complexity index is 783. The number of esters is 1. The Morgan fingerprint density at radius 1 is 1.32 bits per heavy atom. The van der Waals surface area contributed by atoms with Gasteiger partial charge in [0.2, 0.25) is 0 Å². The van der Waals surface area contributed by atoms with Gasteiger partial charge >= 0.3 is 5.97 Å². The molecule has 0 bridgehead atoms. The van der Waals surface area contributed by atoms with E-state index in [-0.39, 0.29) is 16.0 Å². The quantitative estimate of drug-likeness (QED) is 0.396. The van der Waals surface area contributed by atoms with Crippen molar-refractivity contribution in [1.29, 1.82) is 5.26 Å². The van der Waals surface area contributed by atoms with E-state index in [0.29, 0.717) is 5.57 Å². The Morgan fingerprint density at radius 3 is 2.48 bits per heavy atom. The van der Waals surface area contributed by atoms with Crippen molar-refractivity contribution < 1.29 is 22.7 Å². The zero-order valence-electron chi connectivity index (χ0n) is 14.2. The van der Waals surface area contributed by atoms with E-state index in [9.17, 15) is 18.0 Å². The fourth-order valence-electron chi connectivity index (χ4n) is 2.89. The Hall–Kier alpha value is -1.81. The number of halogens is 4. The van der Waals surface area contributed by atoms with Crippen molar-refractivity contribution in [2.24, 2.45) is 17.3 Å². The first-order valence-corrected chi connectivity index (χ1v) is 8.39. The number of carbonyl (C=O) groups is 1. The molecule has 1 fully saturated rings. The predicted molar refractivity (Wildman–Crippen MR) is 88.7 cm³/mol. The van der Waals surface area contributed by atoms with Crippen molar-refractivity contribution in [3.05, 3.63) is 44.7 Å². The van der Waals surface area contributed by atoms with E-state index in [1.807, 2.05) is 19.9 Å². The summed E-state index contributed by atoms with van der Waals surface area (Å²) in [5.74, 6) is -4.72. The molecule has 0 spiro atoms. The van der Waals surface area contributed by atoms with Gasteiger partial charge in [-0.1, -0.05) is 19.9 Å². The molecule has 0 radical (unpaired) electrons. The van der Waals surface area contributed by atoms with E-state index in [0.717, 1.165) is 6.92 Å². The van der Waals surface area contributed by atoms with Crippen LogP contribution in [0.1, 0.15) is 31.9 Å². The van der Waals surface area contributed by atoms with Crippen LogP contribution < -0.4 is 0 Å². The molecule has 1 aliphatic carbocycles. The van der Waals surface area contributed by atoms with Crippen LogP contribution in [0.15, 0.2) is 16.1 Å². The number of ether oxygens (including phenoxy) is 1. The van der Waals surface area contributed by atoms with Crippen molar-refractivity contribution >= 4 is 21.9 Å². The lowest BCUT2D eigenvalue weighted by Crippen LogP contribution is -2.13. The van der Waals surface area contributed by atoms with Gasteiger partial charge in [0.1, 0.15) is 12.4 Å². The lowest BCUT2D eigenvalue weighted by atomic mass is 10.1. The maximum absolute atomic E-state index is 14.0. The fourth-order valence-corrected chi connectivity index (χ4v) is 3.48. The second kappa shape index (κ2) is 6.83. The summed E-state index contributed by atoms with van der Waals surface area (Å²) in [6.07, 6.45) is 1.70. The molecule has 2 rings (SSSR count). The second-order valence-corrected chi connectivity index (χ2v) is 7.55. The molecular formula is C18H17BrF3NO2. The number of nitrogens with zero attached hydrogens (tertiary/aromatic N) is 1. The maximum atomic E-state index is 14.0. The van der Waals surface area contributed by atoms with E-state index in [2.05, 4.69) is 15.9 Å². The highest BCUT2D eigenvalue weighted by molar-refractivity contribution is 9.10. The fraction of sp³-hybridized carbons (Fsp3) is 0.444. The Balaban J connectivity index is 2.16. The second-order valence-electron chi connectivity index (χ2n) is 6.75. The summed E-state index contributed by atoms with van der Waals surface area (Å²) in [6.45, 7) is 5.88. The highest BCUT2D eigenvalue weighted by Crippen LogP contribution is 2.59. The number of hydrogen-bond donors (Lipinski definition) is 0. The molecule has 0 saturated heterocycles. The van der Waals surface area contributed by atoms with E-state index in [1.54, 1.807) is 13.0 Å². The molecule has 2 atom stereocenters. The number of carbonyl (C=O) groups excluding carboxylic acids is 1. The number of allylic oxidation sites excluding steroid dienone is 2. The minimum Gasteiger partial charge on any atom is -0.460 e. The molecule has 1 saturated carbocycles. The number of rotatable bonds is 4. The van der Waals surface area contributed by atoms with Crippen molar-refractivity contribution in [3.63, 3.8) is 0 Å². The van der Waals surface area contributed by atoms with Gasteiger partial charge < -0.3 is 4.74 Å². The topological polar surface area (TPSA) is 50.1 Å². The van der Waals surface area contributed by atoms with Crippen LogP contribution in [0, 0.1) is 53.0 Å². The summed E-state index contributed by atoms with van der Waals surface area (Å²) in [7, 11) is 0. The minimum absolute atomic E-state index is 0.167. The molecule has 134 valence electrons. The van der Waals surface area contributed by atoms with Crippen LogP contribution in [-0.4, -0.2) is 5.97 Å². The van der Waals surface area contributed by atoms with Crippen molar-refractivity contribution in [3.8, 4) is 6.07 Å². The maximum Gasteiger partial charge on any atom is 0.310 e. The Morgan fingerprint density at radius 2 is 1.92 bits per heavy atom. The summed E-state index contributed by atoms with van der Waals surface area (Å²) in [5.41, 5.74) is -0.730. The van der Waals surface area contributed by atoms with Gasteiger partial charge in [0.15, 0.2) is 11.6 Å². The van der Waals surface area contributed by atoms with Crippen molar-refractivity contribution in [1.82, 2.24) is 0 Å². The van der Waals surface area contributed by atoms with Crippen LogP contribution >= 0.6 is 15.9 Å². The summed E-state index contributed by atoms with van der Waals surface area (Å²) < 4.78 is 46.4. The molecule has 3 nitrogen and oxygen atoms in total. The average Bonchev–Trinajstić information content (AvgIpc) is 3.10. The van der Waals surface area contributed by atoms with Crippen LogP contribution in [0.25, 0.3) is 0 Å². The molecule has 1 aromatic carbocycles. The monoisotopic (exact) mass is 415 g/mol. The molecule has 1 aromatic rings. The van der Waals surface area contributed by atoms with Crippen LogP contribution in [0.2, 0.25) is 0 Å². The molecule has 0 aromatic heterocycles. The smallest absolute Gasteiger partial charge is 0.310 e. The van der Waals surface area contributed by atoms with Gasteiger partial charge in [0.05, 0.1) is 16.5 Å². The summed E-state index contributed by atoms with van der Waals surface area (Å²) in [4.78, 5) is 12.3. The number of hydrogen-bond acceptors (Lipinski definition) is 3. The van der Waals surface area contributed by atoms with Gasteiger partial charge in [-0.3, -0.25) is 4.79 Å². The standard InChI is InChI=1S/C18H17BrF3NO2/c1-8(6-23)5-11-12(18(11,3)4)17(24)25-7-10-13(19)14(20)9(2)15(21)16(10)22/h5,11-12H,7H2,1-4H3/t11-,12+/m1/s1. The Kier molecular flexibility index (Phi) is 5.33. The van der Waals surface area contributed by atoms with Crippen LogP contribution in [-0.2, 0) is 16.1 Å². The van der Waals surface area contributed by atoms with Gasteiger partial charge in [-0.15, -0.1) is 0 Å². The first-order valence-electron chi connectivity index (χ1n) is 7.60. The SMILES string of the molecule is CC(C#N)=C[C@@H]1[C@@H](C(=O)OCc2c(F)c(F)c(C)c(F)c2Br)C1(C)C. The zero-order chi connectivity index (χ0) is 19.1. The summed E-state index contributed by atoms with van der Waals surface area (Å²) in [5, 5.41) is 8.84. The van der Waals surface area contributed by atoms with Crippen LogP contribution in [0.4, 0.5) is 13.2 Å². The van der Waals surface area contributed by atoms with Crippen molar-refractivity contribution in [2.75, 3.05) is 0 Å². The third-order valence-electron chi connectivity index (χ3n) is 4.70. The average molecular weight is 416 g/mol. The summed E-state index contributed by atoms with van der Waals surface area (Å²) in [6, 6.07) is 1.99. The molecule has 0 heterocycles. The van der Waals surface area contributed by atoms with E-state index < -0.39 is 46.9 Å². The van der Waals surface area contributed by atoms with Crippen LogP contribution in [0.3, 0.4) is 0 Å². The molecule has 1 aliphatic rings. The number of nitriles is 1. The van der Waals surface area contributed by atoms with E-state index in [4.69, 9.17) is 10.00 Å². The molecular weight excluding hydrogens is 399 g/mol.